The number of nitrogens with zero attached hydrogens (tertiary/aromatic N) is 1. The van der Waals surface area contributed by atoms with E-state index in [-0.39, 0.29) is 18.5 Å². The van der Waals surface area contributed by atoms with Crippen molar-refractivity contribution in [3.8, 4) is 0 Å². The summed E-state index contributed by atoms with van der Waals surface area (Å²) in [5, 5.41) is 22.3. The summed E-state index contributed by atoms with van der Waals surface area (Å²) in [5.74, 6) is -2.16. The van der Waals surface area contributed by atoms with Crippen LogP contribution in [0.3, 0.4) is 0 Å². The zero-order valence-electron chi connectivity index (χ0n) is 13.0. The van der Waals surface area contributed by atoms with Crippen molar-refractivity contribution in [2.45, 2.75) is 18.9 Å². The first-order valence-corrected chi connectivity index (χ1v) is 7.35. The zero-order chi connectivity index (χ0) is 18.4. The van der Waals surface area contributed by atoms with Crippen LogP contribution in [0.5, 0.6) is 0 Å². The van der Waals surface area contributed by atoms with Crippen molar-refractivity contribution in [1.82, 2.24) is 5.32 Å². The van der Waals surface area contributed by atoms with E-state index in [1.165, 1.54) is 48.5 Å². The monoisotopic (exact) mass is 346 g/mol. The van der Waals surface area contributed by atoms with Crippen LogP contribution in [0.1, 0.15) is 11.1 Å². The molecule has 0 aromatic heterocycles. The molecule has 2 rings (SSSR count). The molecule has 0 aliphatic carbocycles. The SMILES string of the molecule is O=C(Cc1ccc(F)cc1)N[C@@H](Cc1ccc([N+](=O)[O-])cc1)C(=O)O. The third-order valence-corrected chi connectivity index (χ3v) is 3.50. The summed E-state index contributed by atoms with van der Waals surface area (Å²) < 4.78 is 12.8. The van der Waals surface area contributed by atoms with Crippen molar-refractivity contribution >= 4 is 17.6 Å². The van der Waals surface area contributed by atoms with E-state index in [9.17, 15) is 29.2 Å². The number of nitro groups is 1. The van der Waals surface area contributed by atoms with Gasteiger partial charge in [0.1, 0.15) is 11.9 Å². The van der Waals surface area contributed by atoms with Gasteiger partial charge in [-0.1, -0.05) is 24.3 Å². The Morgan fingerprint density at radius 3 is 2.16 bits per heavy atom. The number of benzene rings is 2. The predicted octanol–water partition coefficient (Wildman–Crippen LogP) is 2.09. The van der Waals surface area contributed by atoms with E-state index in [1.807, 2.05) is 0 Å². The van der Waals surface area contributed by atoms with Crippen LogP contribution < -0.4 is 5.32 Å². The lowest BCUT2D eigenvalue weighted by atomic mass is 10.0. The Morgan fingerprint density at radius 2 is 1.64 bits per heavy atom. The lowest BCUT2D eigenvalue weighted by Crippen LogP contribution is -2.43. The van der Waals surface area contributed by atoms with E-state index < -0.39 is 28.7 Å². The summed E-state index contributed by atoms with van der Waals surface area (Å²) in [6, 6.07) is 9.59. The highest BCUT2D eigenvalue weighted by Crippen LogP contribution is 2.13. The van der Waals surface area contributed by atoms with Gasteiger partial charge in [0.25, 0.3) is 5.69 Å². The molecule has 0 spiro atoms. The molecular formula is C17H15FN2O5. The van der Waals surface area contributed by atoms with Crippen LogP contribution >= 0.6 is 0 Å². The van der Waals surface area contributed by atoms with Crippen LogP contribution in [-0.4, -0.2) is 27.9 Å². The fraction of sp³-hybridized carbons (Fsp3) is 0.176. The summed E-state index contributed by atoms with van der Waals surface area (Å²) in [4.78, 5) is 33.4. The first-order valence-electron chi connectivity index (χ1n) is 7.35. The average Bonchev–Trinajstić information content (AvgIpc) is 2.56. The predicted molar refractivity (Wildman–Crippen MR) is 86.5 cm³/mol. The molecule has 0 unspecified atom stereocenters. The zero-order valence-corrected chi connectivity index (χ0v) is 13.0. The second-order valence-electron chi connectivity index (χ2n) is 5.39. The van der Waals surface area contributed by atoms with E-state index in [0.717, 1.165) is 0 Å². The molecule has 1 atom stereocenters. The first-order chi connectivity index (χ1) is 11.8. The second-order valence-corrected chi connectivity index (χ2v) is 5.39. The van der Waals surface area contributed by atoms with Gasteiger partial charge in [-0.05, 0) is 23.3 Å². The summed E-state index contributed by atoms with van der Waals surface area (Å²) in [7, 11) is 0. The number of rotatable bonds is 7. The number of carbonyl (C=O) groups excluding carboxylic acids is 1. The molecule has 0 aliphatic heterocycles. The molecule has 0 saturated heterocycles. The molecule has 0 fully saturated rings. The highest BCUT2D eigenvalue weighted by Gasteiger charge is 2.21. The number of carbonyl (C=O) groups is 2. The third kappa shape index (κ3) is 5.38. The van der Waals surface area contributed by atoms with Crippen molar-refractivity contribution in [3.05, 3.63) is 75.6 Å². The number of nitro benzene ring substituents is 1. The Labute approximate surface area is 142 Å². The van der Waals surface area contributed by atoms with Gasteiger partial charge in [0, 0.05) is 18.6 Å². The molecule has 8 heteroatoms. The Balaban J connectivity index is 2.00. The minimum absolute atomic E-state index is 0.0114. The van der Waals surface area contributed by atoms with Crippen LogP contribution in [0.2, 0.25) is 0 Å². The standard InChI is InChI=1S/C17H15FN2O5/c18-13-5-1-12(2-6-13)10-16(21)19-15(17(22)23)9-11-3-7-14(8-4-11)20(24)25/h1-8,15H,9-10H2,(H,19,21)(H,22,23)/t15-/m0/s1. The minimum atomic E-state index is -1.22. The number of hydrogen-bond acceptors (Lipinski definition) is 4. The number of hydrogen-bond donors (Lipinski definition) is 2. The van der Waals surface area contributed by atoms with Gasteiger partial charge >= 0.3 is 5.97 Å². The largest absolute Gasteiger partial charge is 0.480 e. The lowest BCUT2D eigenvalue weighted by Gasteiger charge is -2.14. The summed E-state index contributed by atoms with van der Waals surface area (Å²) in [6.07, 6.45) is -0.0905. The molecule has 0 aliphatic rings. The van der Waals surface area contributed by atoms with Gasteiger partial charge in [-0.25, -0.2) is 9.18 Å². The number of non-ortho nitro benzene ring substituents is 1. The maximum Gasteiger partial charge on any atom is 0.326 e. The summed E-state index contributed by atoms with van der Waals surface area (Å²) in [5.41, 5.74) is 0.995. The van der Waals surface area contributed by atoms with Crippen LogP contribution in [0.4, 0.5) is 10.1 Å². The van der Waals surface area contributed by atoms with Gasteiger partial charge in [0.2, 0.25) is 5.91 Å². The fourth-order valence-corrected chi connectivity index (χ4v) is 2.22. The highest BCUT2D eigenvalue weighted by atomic mass is 19.1. The molecular weight excluding hydrogens is 331 g/mol. The Kier molecular flexibility index (Phi) is 5.78. The van der Waals surface area contributed by atoms with Gasteiger partial charge in [-0.2, -0.15) is 0 Å². The number of carboxylic acid groups (broad SMARTS) is 1. The Hall–Kier alpha value is -3.29. The van der Waals surface area contributed by atoms with Crippen LogP contribution in [-0.2, 0) is 22.4 Å². The van der Waals surface area contributed by atoms with E-state index in [1.54, 1.807) is 0 Å². The summed E-state index contributed by atoms with van der Waals surface area (Å²) in [6.45, 7) is 0. The molecule has 0 bridgehead atoms. The van der Waals surface area contributed by atoms with Gasteiger partial charge in [-0.15, -0.1) is 0 Å². The first kappa shape index (κ1) is 18.1. The van der Waals surface area contributed by atoms with Crippen molar-refractivity contribution in [2.24, 2.45) is 0 Å². The van der Waals surface area contributed by atoms with Gasteiger partial charge in [0.05, 0.1) is 11.3 Å². The van der Waals surface area contributed by atoms with Crippen molar-refractivity contribution in [1.29, 1.82) is 0 Å². The van der Waals surface area contributed by atoms with E-state index in [4.69, 9.17) is 0 Å². The molecule has 25 heavy (non-hydrogen) atoms. The maximum absolute atomic E-state index is 12.8. The second kappa shape index (κ2) is 8.00. The third-order valence-electron chi connectivity index (χ3n) is 3.50. The molecule has 2 aromatic rings. The molecule has 0 saturated carbocycles. The molecule has 7 nitrogen and oxygen atoms in total. The molecule has 2 N–H and O–H groups in total. The lowest BCUT2D eigenvalue weighted by molar-refractivity contribution is -0.384. The molecule has 1 amide bonds. The summed E-state index contributed by atoms with van der Waals surface area (Å²) >= 11 is 0. The van der Waals surface area contributed by atoms with Gasteiger partial charge in [-0.3, -0.25) is 14.9 Å². The van der Waals surface area contributed by atoms with Crippen molar-refractivity contribution in [3.63, 3.8) is 0 Å². The number of carboxylic acids is 1. The molecule has 2 aromatic carbocycles. The normalized spacial score (nSPS) is 11.6. The number of aliphatic carboxylic acids is 1. The van der Waals surface area contributed by atoms with Crippen molar-refractivity contribution < 1.29 is 24.0 Å². The molecule has 0 heterocycles. The average molecular weight is 346 g/mol. The minimum Gasteiger partial charge on any atom is -0.480 e. The quantitative estimate of drug-likeness (QED) is 0.589. The molecule has 0 radical (unpaired) electrons. The van der Waals surface area contributed by atoms with E-state index in [0.29, 0.717) is 11.1 Å². The van der Waals surface area contributed by atoms with Crippen LogP contribution in [0.15, 0.2) is 48.5 Å². The molecule has 130 valence electrons. The van der Waals surface area contributed by atoms with Crippen molar-refractivity contribution in [2.75, 3.05) is 0 Å². The van der Waals surface area contributed by atoms with Crippen LogP contribution in [0.25, 0.3) is 0 Å². The number of halogens is 1. The Morgan fingerprint density at radius 1 is 1.08 bits per heavy atom. The number of amides is 1. The smallest absolute Gasteiger partial charge is 0.326 e. The maximum atomic E-state index is 12.8. The fourth-order valence-electron chi connectivity index (χ4n) is 2.22. The van der Waals surface area contributed by atoms with Gasteiger partial charge < -0.3 is 10.4 Å². The highest BCUT2D eigenvalue weighted by molar-refractivity contribution is 5.85. The van der Waals surface area contributed by atoms with E-state index in [2.05, 4.69) is 5.32 Å². The number of nitrogens with one attached hydrogen (secondary N) is 1. The van der Waals surface area contributed by atoms with Crippen LogP contribution in [0, 0.1) is 15.9 Å². The topological polar surface area (TPSA) is 110 Å². The van der Waals surface area contributed by atoms with E-state index >= 15 is 0 Å². The van der Waals surface area contributed by atoms with Gasteiger partial charge in [0.15, 0.2) is 0 Å². The Bertz CT molecular complexity index is 775.